The zero-order valence-corrected chi connectivity index (χ0v) is 11.7. The van der Waals surface area contributed by atoms with Crippen molar-refractivity contribution < 1.29 is 22.7 Å². The molecule has 1 amide bonds. The maximum Gasteiger partial charge on any atom is 0.448 e. The summed E-state index contributed by atoms with van der Waals surface area (Å²) in [5.74, 6) is -0.607. The fourth-order valence-electron chi connectivity index (χ4n) is 1.48. The van der Waals surface area contributed by atoms with Crippen LogP contribution in [-0.4, -0.2) is 40.3 Å². The van der Waals surface area contributed by atoms with E-state index in [9.17, 15) is 18.0 Å². The number of carbonyl (C=O) groups is 1. The van der Waals surface area contributed by atoms with Gasteiger partial charge in [0.05, 0.1) is 5.70 Å². The van der Waals surface area contributed by atoms with Crippen LogP contribution < -0.4 is 10.6 Å². The number of amides is 1. The monoisotopic (exact) mass is 335 g/mol. The minimum absolute atomic E-state index is 0.0955. The van der Waals surface area contributed by atoms with Crippen LogP contribution in [0.2, 0.25) is 0 Å². The molecule has 0 bridgehead atoms. The number of rotatable bonds is 1. The first kappa shape index (κ1) is 16.0. The highest BCUT2D eigenvalue weighted by Gasteiger charge is 2.56. The highest BCUT2D eigenvalue weighted by molar-refractivity contribution is 6.26. The molecular weight excluding hydrogens is 327 g/mol. The average molecular weight is 336 g/mol. The van der Waals surface area contributed by atoms with Gasteiger partial charge in [-0.3, -0.25) is 0 Å². The smallest absolute Gasteiger partial charge is 0.391 e. The van der Waals surface area contributed by atoms with Crippen molar-refractivity contribution in [2.75, 3.05) is 7.05 Å². The van der Waals surface area contributed by atoms with Gasteiger partial charge >= 0.3 is 17.4 Å². The Morgan fingerprint density at radius 3 is 2.59 bits per heavy atom. The average Bonchev–Trinajstić information content (AvgIpc) is 2.46. The SMILES string of the molecule is CNC(=O)OC1=NC(Cl)(C(F)(F)F)NC(c2cncnc2)=C1. The van der Waals surface area contributed by atoms with Gasteiger partial charge in [0.2, 0.25) is 5.90 Å². The molecule has 0 saturated carbocycles. The highest BCUT2D eigenvalue weighted by Crippen LogP contribution is 2.39. The molecule has 2 heterocycles. The Balaban J connectivity index is 2.43. The number of carbonyl (C=O) groups excluding carboxylic acids is 1. The minimum Gasteiger partial charge on any atom is -0.391 e. The van der Waals surface area contributed by atoms with Crippen LogP contribution in [0.25, 0.3) is 5.70 Å². The summed E-state index contributed by atoms with van der Waals surface area (Å²) in [5.41, 5.74) is 0.117. The summed E-state index contributed by atoms with van der Waals surface area (Å²) in [7, 11) is 1.25. The summed E-state index contributed by atoms with van der Waals surface area (Å²) >= 11 is 5.50. The third kappa shape index (κ3) is 3.27. The van der Waals surface area contributed by atoms with E-state index in [2.05, 4.69) is 25.0 Å². The zero-order valence-electron chi connectivity index (χ0n) is 11.0. The molecule has 2 rings (SSSR count). The molecule has 1 aromatic rings. The van der Waals surface area contributed by atoms with E-state index in [4.69, 9.17) is 11.6 Å². The van der Waals surface area contributed by atoms with Crippen LogP contribution in [0.15, 0.2) is 29.8 Å². The van der Waals surface area contributed by atoms with Crippen LogP contribution in [0.3, 0.4) is 0 Å². The van der Waals surface area contributed by atoms with Crippen LogP contribution in [0.4, 0.5) is 18.0 Å². The van der Waals surface area contributed by atoms with Crippen molar-refractivity contribution in [3.63, 3.8) is 0 Å². The molecule has 1 unspecified atom stereocenters. The molecule has 1 aliphatic rings. The summed E-state index contributed by atoms with van der Waals surface area (Å²) in [4.78, 5) is 21.8. The predicted molar refractivity (Wildman–Crippen MR) is 70.8 cm³/mol. The third-order valence-corrected chi connectivity index (χ3v) is 2.87. The molecule has 0 fully saturated rings. The van der Waals surface area contributed by atoms with Gasteiger partial charge in [0.15, 0.2) is 0 Å². The molecule has 7 nitrogen and oxygen atoms in total. The van der Waals surface area contributed by atoms with E-state index < -0.39 is 23.3 Å². The minimum atomic E-state index is -4.94. The molecule has 2 N–H and O–H groups in total. The van der Waals surface area contributed by atoms with Gasteiger partial charge in [-0.05, 0) is 0 Å². The number of nitrogens with zero attached hydrogens (tertiary/aromatic N) is 3. The normalized spacial score (nSPS) is 21.3. The van der Waals surface area contributed by atoms with E-state index in [0.717, 1.165) is 6.08 Å². The van der Waals surface area contributed by atoms with Crippen molar-refractivity contribution in [3.8, 4) is 0 Å². The van der Waals surface area contributed by atoms with E-state index in [-0.39, 0.29) is 11.3 Å². The second kappa shape index (κ2) is 5.79. The maximum atomic E-state index is 13.1. The number of aliphatic imine (C=N–C) groups is 1. The third-order valence-electron chi connectivity index (χ3n) is 2.48. The number of nitrogens with one attached hydrogen (secondary N) is 2. The van der Waals surface area contributed by atoms with Crippen LogP contribution in [0, 0.1) is 0 Å². The molecule has 0 aromatic carbocycles. The van der Waals surface area contributed by atoms with Gasteiger partial charge in [0.1, 0.15) is 6.33 Å². The molecule has 118 valence electrons. The fourth-order valence-corrected chi connectivity index (χ4v) is 1.66. The topological polar surface area (TPSA) is 88.5 Å². The Kier molecular flexibility index (Phi) is 4.22. The lowest BCUT2D eigenvalue weighted by Crippen LogP contribution is -2.52. The van der Waals surface area contributed by atoms with E-state index in [0.29, 0.717) is 0 Å². The molecule has 0 saturated heterocycles. The van der Waals surface area contributed by atoms with E-state index in [1.165, 1.54) is 25.8 Å². The van der Waals surface area contributed by atoms with Crippen LogP contribution >= 0.6 is 11.6 Å². The Morgan fingerprint density at radius 1 is 1.41 bits per heavy atom. The summed E-state index contributed by atoms with van der Waals surface area (Å²) in [5, 5.41) is 0.952. The molecule has 22 heavy (non-hydrogen) atoms. The Hall–Kier alpha value is -2.36. The second-order valence-electron chi connectivity index (χ2n) is 4.02. The van der Waals surface area contributed by atoms with E-state index in [1.807, 2.05) is 5.32 Å². The van der Waals surface area contributed by atoms with Gasteiger partial charge in [-0.2, -0.15) is 18.2 Å². The van der Waals surface area contributed by atoms with Gasteiger partial charge in [-0.25, -0.2) is 14.8 Å². The first-order valence-electron chi connectivity index (χ1n) is 5.75. The number of alkyl halides is 4. The number of hydrogen-bond donors (Lipinski definition) is 2. The first-order valence-corrected chi connectivity index (χ1v) is 6.13. The molecule has 0 aliphatic carbocycles. The Labute approximate surface area is 127 Å². The number of aromatic nitrogens is 2. The summed E-state index contributed by atoms with van der Waals surface area (Å²) in [6.45, 7) is 0. The van der Waals surface area contributed by atoms with Gasteiger partial charge < -0.3 is 15.4 Å². The van der Waals surface area contributed by atoms with Crippen LogP contribution in [-0.2, 0) is 4.74 Å². The number of alkyl carbamates (subject to hydrolysis) is 1. The quantitative estimate of drug-likeness (QED) is 0.601. The van der Waals surface area contributed by atoms with Crippen molar-refractivity contribution >= 4 is 29.3 Å². The lowest BCUT2D eigenvalue weighted by Gasteiger charge is -2.31. The van der Waals surface area contributed by atoms with E-state index in [1.54, 1.807) is 0 Å². The Morgan fingerprint density at radius 2 is 2.05 bits per heavy atom. The van der Waals surface area contributed by atoms with Gasteiger partial charge in [-0.15, -0.1) is 0 Å². The van der Waals surface area contributed by atoms with Crippen LogP contribution in [0.1, 0.15) is 5.56 Å². The Bertz CT molecular complexity index is 634. The molecule has 1 atom stereocenters. The lowest BCUT2D eigenvalue weighted by molar-refractivity contribution is -0.165. The standard InChI is InChI=1S/C11H9ClF3N5O2/c1-16-9(21)22-8-2-7(6-3-17-5-18-4-6)19-10(12,20-8)11(13,14)15/h2-5,19H,1H3,(H,16,21). The van der Waals surface area contributed by atoms with Gasteiger partial charge in [0.25, 0.3) is 0 Å². The largest absolute Gasteiger partial charge is 0.448 e. The van der Waals surface area contributed by atoms with Crippen molar-refractivity contribution in [1.82, 2.24) is 20.6 Å². The molecule has 11 heteroatoms. The van der Waals surface area contributed by atoms with Gasteiger partial charge in [-0.1, -0.05) is 11.6 Å². The molecule has 1 aromatic heterocycles. The summed E-state index contributed by atoms with van der Waals surface area (Å²) < 4.78 is 43.9. The maximum absolute atomic E-state index is 13.1. The van der Waals surface area contributed by atoms with Crippen molar-refractivity contribution in [2.45, 2.75) is 11.3 Å². The fraction of sp³-hybridized carbons (Fsp3) is 0.273. The van der Waals surface area contributed by atoms with Crippen molar-refractivity contribution in [2.24, 2.45) is 4.99 Å². The van der Waals surface area contributed by atoms with Crippen LogP contribution in [0.5, 0.6) is 0 Å². The molecule has 1 aliphatic heterocycles. The molecular formula is C11H9ClF3N5O2. The lowest BCUT2D eigenvalue weighted by atomic mass is 10.2. The number of hydrogen-bond acceptors (Lipinski definition) is 6. The predicted octanol–water partition coefficient (Wildman–Crippen LogP) is 1.63. The van der Waals surface area contributed by atoms with E-state index >= 15 is 0 Å². The molecule has 0 radical (unpaired) electrons. The van der Waals surface area contributed by atoms with Gasteiger partial charge in [0, 0.05) is 31.1 Å². The van der Waals surface area contributed by atoms with Crippen molar-refractivity contribution in [1.29, 1.82) is 0 Å². The molecule has 0 spiro atoms. The number of ether oxygens (including phenoxy) is 1. The second-order valence-corrected chi connectivity index (χ2v) is 4.57. The summed E-state index contributed by atoms with van der Waals surface area (Å²) in [6, 6.07) is 0. The first-order chi connectivity index (χ1) is 10.2. The number of halogens is 4. The zero-order chi connectivity index (χ0) is 16.4. The highest BCUT2D eigenvalue weighted by atomic mass is 35.5. The van der Waals surface area contributed by atoms with Crippen molar-refractivity contribution in [3.05, 3.63) is 30.4 Å². The summed E-state index contributed by atoms with van der Waals surface area (Å²) in [6.07, 6.45) is -1.10.